The summed E-state index contributed by atoms with van der Waals surface area (Å²) in [5.41, 5.74) is 3.28. The Morgan fingerprint density at radius 1 is 1.36 bits per heavy atom. The lowest BCUT2D eigenvalue weighted by molar-refractivity contribution is 0.0527. The van der Waals surface area contributed by atoms with Crippen LogP contribution in [0.15, 0.2) is 24.4 Å². The summed E-state index contributed by atoms with van der Waals surface area (Å²) in [4.78, 5) is 18.6. The van der Waals surface area contributed by atoms with Crippen molar-refractivity contribution in [2.45, 2.75) is 13.8 Å². The largest absolute Gasteiger partial charge is 0.462 e. The molecule has 0 bridgehead atoms. The number of rotatable bonds is 6. The smallest absolute Gasteiger partial charge is 0.341 e. The van der Waals surface area contributed by atoms with Crippen molar-refractivity contribution in [2.75, 3.05) is 39.1 Å². The summed E-state index contributed by atoms with van der Waals surface area (Å²) >= 11 is 0. The molecule has 22 heavy (non-hydrogen) atoms. The van der Waals surface area contributed by atoms with Crippen molar-refractivity contribution in [3.05, 3.63) is 35.5 Å². The van der Waals surface area contributed by atoms with Crippen molar-refractivity contribution in [2.24, 2.45) is 0 Å². The van der Waals surface area contributed by atoms with Crippen molar-refractivity contribution in [1.29, 1.82) is 0 Å². The summed E-state index contributed by atoms with van der Waals surface area (Å²) in [6.07, 6.45) is 1.59. The van der Waals surface area contributed by atoms with E-state index in [-0.39, 0.29) is 5.97 Å². The van der Waals surface area contributed by atoms with Crippen LogP contribution in [0, 0.1) is 6.92 Å². The Kier molecular flexibility index (Phi) is 5.33. The van der Waals surface area contributed by atoms with Crippen LogP contribution >= 0.6 is 0 Å². The molecule has 118 valence electrons. The number of aryl methyl sites for hydroxylation is 1. The van der Waals surface area contributed by atoms with Crippen LogP contribution in [-0.2, 0) is 4.74 Å². The number of benzene rings is 1. The summed E-state index contributed by atoms with van der Waals surface area (Å²) in [6, 6.07) is 6.03. The van der Waals surface area contributed by atoms with Gasteiger partial charge in [-0.3, -0.25) is 4.98 Å². The summed E-state index contributed by atoms with van der Waals surface area (Å²) in [5, 5.41) is 4.32. The molecule has 1 heterocycles. The highest BCUT2D eigenvalue weighted by Gasteiger charge is 2.16. The van der Waals surface area contributed by atoms with E-state index in [2.05, 4.69) is 15.2 Å². The first-order valence-corrected chi connectivity index (χ1v) is 7.48. The number of aromatic nitrogens is 1. The van der Waals surface area contributed by atoms with Crippen molar-refractivity contribution in [3.8, 4) is 0 Å². The zero-order valence-electron chi connectivity index (χ0n) is 13.6. The number of ether oxygens (including phenoxy) is 1. The highest BCUT2D eigenvalue weighted by Crippen LogP contribution is 2.27. The van der Waals surface area contributed by atoms with Crippen molar-refractivity contribution >= 4 is 22.6 Å². The number of esters is 1. The molecule has 0 fully saturated rings. The van der Waals surface area contributed by atoms with E-state index in [0.29, 0.717) is 12.2 Å². The molecule has 0 spiro atoms. The molecule has 0 atom stereocenters. The van der Waals surface area contributed by atoms with Crippen LogP contribution in [0.5, 0.6) is 0 Å². The van der Waals surface area contributed by atoms with Crippen LogP contribution < -0.4 is 5.32 Å². The molecule has 0 amide bonds. The number of fused-ring (bicyclic) bond motifs is 1. The fourth-order valence-corrected chi connectivity index (χ4v) is 2.26. The van der Waals surface area contributed by atoms with Gasteiger partial charge in [-0.15, -0.1) is 0 Å². The number of hydrogen-bond acceptors (Lipinski definition) is 5. The minimum atomic E-state index is -0.342. The normalized spacial score (nSPS) is 11.0. The van der Waals surface area contributed by atoms with Crippen LogP contribution in [-0.4, -0.2) is 49.6 Å². The van der Waals surface area contributed by atoms with Gasteiger partial charge in [0.15, 0.2) is 0 Å². The van der Waals surface area contributed by atoms with Gasteiger partial charge in [0.2, 0.25) is 0 Å². The van der Waals surface area contributed by atoms with E-state index in [1.54, 1.807) is 13.1 Å². The topological polar surface area (TPSA) is 54.5 Å². The number of nitrogens with zero attached hydrogens (tertiary/aromatic N) is 2. The average Bonchev–Trinajstić information content (AvgIpc) is 2.47. The third kappa shape index (κ3) is 3.74. The molecule has 5 heteroatoms. The number of likely N-dealkylation sites (N-methyl/N-ethyl adjacent to an activating group) is 1. The van der Waals surface area contributed by atoms with E-state index in [1.165, 1.54) is 0 Å². The molecular weight excluding hydrogens is 278 g/mol. The highest BCUT2D eigenvalue weighted by molar-refractivity contribution is 6.05. The van der Waals surface area contributed by atoms with Crippen molar-refractivity contribution < 1.29 is 9.53 Å². The zero-order chi connectivity index (χ0) is 16.1. The number of anilines is 1. The second-order valence-corrected chi connectivity index (χ2v) is 5.52. The summed E-state index contributed by atoms with van der Waals surface area (Å²) in [7, 11) is 4.03. The SMILES string of the molecule is CCOC(=O)c1cnc2ccc(C)cc2c1NCCN(C)C. The lowest BCUT2D eigenvalue weighted by Gasteiger charge is -2.16. The zero-order valence-corrected chi connectivity index (χ0v) is 13.6. The fourth-order valence-electron chi connectivity index (χ4n) is 2.26. The second kappa shape index (κ2) is 7.22. The minimum Gasteiger partial charge on any atom is -0.462 e. The van der Waals surface area contributed by atoms with E-state index >= 15 is 0 Å². The summed E-state index contributed by atoms with van der Waals surface area (Å²) in [6.45, 7) is 5.79. The molecular formula is C17H23N3O2. The maximum Gasteiger partial charge on any atom is 0.341 e. The highest BCUT2D eigenvalue weighted by atomic mass is 16.5. The lowest BCUT2D eigenvalue weighted by Crippen LogP contribution is -2.22. The molecule has 1 aromatic heterocycles. The van der Waals surface area contributed by atoms with Crippen LogP contribution in [0.3, 0.4) is 0 Å². The van der Waals surface area contributed by atoms with E-state index in [0.717, 1.165) is 35.2 Å². The van der Waals surface area contributed by atoms with Crippen LogP contribution in [0.4, 0.5) is 5.69 Å². The standard InChI is InChI=1S/C17H23N3O2/c1-5-22-17(21)14-11-19-15-7-6-12(2)10-13(15)16(14)18-8-9-20(3)4/h6-7,10-11H,5,8-9H2,1-4H3,(H,18,19). The van der Waals surface area contributed by atoms with Gasteiger partial charge in [-0.25, -0.2) is 4.79 Å². The van der Waals surface area contributed by atoms with Gasteiger partial charge >= 0.3 is 5.97 Å². The minimum absolute atomic E-state index is 0.342. The van der Waals surface area contributed by atoms with Crippen LogP contribution in [0.25, 0.3) is 10.9 Å². The third-order valence-electron chi connectivity index (χ3n) is 3.38. The summed E-state index contributed by atoms with van der Waals surface area (Å²) < 4.78 is 5.15. The van der Waals surface area contributed by atoms with Gasteiger partial charge in [-0.1, -0.05) is 11.6 Å². The third-order valence-corrected chi connectivity index (χ3v) is 3.38. The van der Waals surface area contributed by atoms with E-state index < -0.39 is 0 Å². The van der Waals surface area contributed by atoms with Crippen molar-refractivity contribution in [1.82, 2.24) is 9.88 Å². The van der Waals surface area contributed by atoms with Gasteiger partial charge in [-0.05, 0) is 40.1 Å². The monoisotopic (exact) mass is 301 g/mol. The first-order chi connectivity index (χ1) is 10.5. The first-order valence-electron chi connectivity index (χ1n) is 7.48. The lowest BCUT2D eigenvalue weighted by atomic mass is 10.1. The van der Waals surface area contributed by atoms with E-state index in [9.17, 15) is 4.79 Å². The predicted octanol–water partition coefficient (Wildman–Crippen LogP) is 2.69. The molecule has 0 saturated carbocycles. The first kappa shape index (κ1) is 16.2. The number of carbonyl (C=O) groups is 1. The molecule has 0 saturated heterocycles. The molecule has 2 aromatic rings. The van der Waals surface area contributed by atoms with Gasteiger partial charge in [0, 0.05) is 24.7 Å². The second-order valence-electron chi connectivity index (χ2n) is 5.52. The van der Waals surface area contributed by atoms with Crippen LogP contribution in [0.2, 0.25) is 0 Å². The molecule has 0 unspecified atom stereocenters. The summed E-state index contributed by atoms with van der Waals surface area (Å²) in [5.74, 6) is -0.342. The molecule has 1 N–H and O–H groups in total. The Morgan fingerprint density at radius 3 is 2.82 bits per heavy atom. The number of nitrogens with one attached hydrogen (secondary N) is 1. The Hall–Kier alpha value is -2.14. The van der Waals surface area contributed by atoms with Gasteiger partial charge in [0.1, 0.15) is 5.56 Å². The number of hydrogen-bond donors (Lipinski definition) is 1. The molecule has 0 aliphatic heterocycles. The van der Waals surface area contributed by atoms with Gasteiger partial charge in [-0.2, -0.15) is 0 Å². The quantitative estimate of drug-likeness (QED) is 0.831. The maximum atomic E-state index is 12.2. The maximum absolute atomic E-state index is 12.2. The Balaban J connectivity index is 2.46. The van der Waals surface area contributed by atoms with Crippen molar-refractivity contribution in [3.63, 3.8) is 0 Å². The Labute approximate surface area is 131 Å². The van der Waals surface area contributed by atoms with E-state index in [4.69, 9.17) is 4.74 Å². The Morgan fingerprint density at radius 2 is 2.14 bits per heavy atom. The molecule has 2 rings (SSSR count). The van der Waals surface area contributed by atoms with Gasteiger partial charge in [0.05, 0.1) is 17.8 Å². The fraction of sp³-hybridized carbons (Fsp3) is 0.412. The molecule has 0 radical (unpaired) electrons. The van der Waals surface area contributed by atoms with E-state index in [1.807, 2.05) is 39.2 Å². The van der Waals surface area contributed by atoms with Gasteiger partial charge < -0.3 is 15.0 Å². The van der Waals surface area contributed by atoms with Crippen LogP contribution in [0.1, 0.15) is 22.8 Å². The molecule has 5 nitrogen and oxygen atoms in total. The predicted molar refractivity (Wildman–Crippen MR) is 89.5 cm³/mol. The molecule has 0 aliphatic carbocycles. The Bertz CT molecular complexity index is 668. The number of carbonyl (C=O) groups excluding carboxylic acids is 1. The number of pyridine rings is 1. The average molecular weight is 301 g/mol. The van der Waals surface area contributed by atoms with Gasteiger partial charge in [0.25, 0.3) is 0 Å². The molecule has 0 aliphatic rings. The molecule has 1 aromatic carbocycles.